The van der Waals surface area contributed by atoms with Crippen molar-refractivity contribution in [3.63, 3.8) is 0 Å². The summed E-state index contributed by atoms with van der Waals surface area (Å²) in [5, 5.41) is 3.47. The zero-order valence-corrected chi connectivity index (χ0v) is 13.8. The third-order valence-corrected chi connectivity index (χ3v) is 5.58. The average Bonchev–Trinajstić information content (AvgIpc) is 3.29. The van der Waals surface area contributed by atoms with E-state index in [1.807, 2.05) is 18.5 Å². The van der Waals surface area contributed by atoms with Gasteiger partial charge in [-0.25, -0.2) is 9.97 Å². The highest BCUT2D eigenvalue weighted by atomic mass is 32.1. The average molecular weight is 332 g/mol. The summed E-state index contributed by atoms with van der Waals surface area (Å²) in [5.41, 5.74) is 3.91. The fourth-order valence-electron chi connectivity index (χ4n) is 3.64. The van der Waals surface area contributed by atoms with Gasteiger partial charge in [-0.05, 0) is 35.6 Å². The Morgan fingerprint density at radius 2 is 1.92 bits per heavy atom. The number of para-hydroxylation sites is 1. The van der Waals surface area contributed by atoms with Crippen LogP contribution in [0.4, 0.5) is 5.95 Å². The Morgan fingerprint density at radius 3 is 2.75 bits per heavy atom. The molecule has 0 amide bonds. The van der Waals surface area contributed by atoms with Gasteiger partial charge in [-0.15, -0.1) is 11.3 Å². The van der Waals surface area contributed by atoms with E-state index < -0.39 is 0 Å². The molecule has 5 heteroatoms. The molecular formula is C19H16N4S. The number of anilines is 1. The molecule has 0 saturated carbocycles. The van der Waals surface area contributed by atoms with Crippen LogP contribution >= 0.6 is 11.3 Å². The van der Waals surface area contributed by atoms with Crippen molar-refractivity contribution >= 4 is 28.2 Å². The molecule has 4 heterocycles. The Bertz CT molecular complexity index is 975. The van der Waals surface area contributed by atoms with E-state index in [4.69, 9.17) is 0 Å². The van der Waals surface area contributed by atoms with E-state index in [-0.39, 0.29) is 6.04 Å². The quantitative estimate of drug-likeness (QED) is 0.599. The predicted molar refractivity (Wildman–Crippen MR) is 97.5 cm³/mol. The number of hydrogen-bond acceptors (Lipinski definition) is 4. The first-order valence-corrected chi connectivity index (χ1v) is 8.96. The lowest BCUT2D eigenvalue weighted by Crippen LogP contribution is -2.36. The molecule has 118 valence electrons. The molecule has 0 saturated heterocycles. The van der Waals surface area contributed by atoms with Crippen LogP contribution in [-0.4, -0.2) is 21.5 Å². The monoisotopic (exact) mass is 332 g/mol. The van der Waals surface area contributed by atoms with Crippen molar-refractivity contribution in [2.45, 2.75) is 12.5 Å². The van der Waals surface area contributed by atoms with Crippen LogP contribution in [0, 0.1) is 0 Å². The second-order valence-corrected chi connectivity index (χ2v) is 6.95. The van der Waals surface area contributed by atoms with E-state index in [2.05, 4.69) is 61.6 Å². The lowest BCUT2D eigenvalue weighted by atomic mass is 9.96. The van der Waals surface area contributed by atoms with Gasteiger partial charge >= 0.3 is 0 Å². The number of H-pyrrole nitrogens is 1. The molecule has 0 radical (unpaired) electrons. The molecule has 1 aromatic carbocycles. The van der Waals surface area contributed by atoms with E-state index in [0.717, 1.165) is 18.9 Å². The second-order valence-electron chi connectivity index (χ2n) is 5.97. The van der Waals surface area contributed by atoms with Gasteiger partial charge in [0.15, 0.2) is 0 Å². The summed E-state index contributed by atoms with van der Waals surface area (Å²) >= 11 is 1.78. The van der Waals surface area contributed by atoms with Crippen molar-refractivity contribution < 1.29 is 0 Å². The van der Waals surface area contributed by atoms with Crippen LogP contribution < -0.4 is 4.90 Å². The minimum atomic E-state index is 0.142. The van der Waals surface area contributed by atoms with E-state index >= 15 is 0 Å². The molecule has 1 atom stereocenters. The summed E-state index contributed by atoms with van der Waals surface area (Å²) in [5.74, 6) is 0.792. The maximum atomic E-state index is 4.49. The fourth-order valence-corrected chi connectivity index (χ4v) is 4.48. The minimum Gasteiger partial charge on any atom is -0.356 e. The van der Waals surface area contributed by atoms with Gasteiger partial charge in [0, 0.05) is 40.4 Å². The molecule has 0 spiro atoms. The lowest BCUT2D eigenvalue weighted by molar-refractivity contribution is 0.633. The summed E-state index contributed by atoms with van der Waals surface area (Å²) in [6.45, 7) is 0.918. The van der Waals surface area contributed by atoms with Crippen LogP contribution in [0.3, 0.4) is 0 Å². The molecule has 5 rings (SSSR count). The van der Waals surface area contributed by atoms with Crippen molar-refractivity contribution in [2.75, 3.05) is 11.4 Å². The van der Waals surface area contributed by atoms with Crippen molar-refractivity contribution in [3.05, 3.63) is 76.4 Å². The molecule has 1 aliphatic heterocycles. The molecule has 0 aliphatic carbocycles. The number of aromatic nitrogens is 3. The van der Waals surface area contributed by atoms with Crippen LogP contribution in [0.2, 0.25) is 0 Å². The van der Waals surface area contributed by atoms with Gasteiger partial charge < -0.3 is 9.88 Å². The number of fused-ring (bicyclic) bond motifs is 3. The van der Waals surface area contributed by atoms with E-state index in [9.17, 15) is 0 Å². The van der Waals surface area contributed by atoms with Crippen LogP contribution in [0.1, 0.15) is 22.2 Å². The summed E-state index contributed by atoms with van der Waals surface area (Å²) < 4.78 is 0. The molecule has 4 nitrogen and oxygen atoms in total. The molecular weight excluding hydrogens is 316 g/mol. The number of thiophene rings is 1. The Labute approximate surface area is 143 Å². The predicted octanol–water partition coefficient (Wildman–Crippen LogP) is 4.17. The Kier molecular flexibility index (Phi) is 3.13. The largest absolute Gasteiger partial charge is 0.356 e. The Balaban J connectivity index is 1.72. The van der Waals surface area contributed by atoms with Gasteiger partial charge in [-0.1, -0.05) is 24.3 Å². The molecule has 4 aromatic rings. The SMILES string of the molecule is c1cnc(N2CCc3c([nH]c4ccccc34)C2c2cccs2)nc1. The number of nitrogens with zero attached hydrogens (tertiary/aromatic N) is 3. The normalized spacial score (nSPS) is 17.2. The van der Waals surface area contributed by atoms with Crippen molar-refractivity contribution in [1.29, 1.82) is 0 Å². The van der Waals surface area contributed by atoms with E-state index in [0.29, 0.717) is 0 Å². The van der Waals surface area contributed by atoms with Gasteiger partial charge in [0.25, 0.3) is 0 Å². The smallest absolute Gasteiger partial charge is 0.226 e. The molecule has 24 heavy (non-hydrogen) atoms. The number of aromatic amines is 1. The van der Waals surface area contributed by atoms with Crippen molar-refractivity contribution in [2.24, 2.45) is 0 Å². The zero-order chi connectivity index (χ0) is 15.9. The van der Waals surface area contributed by atoms with Crippen molar-refractivity contribution in [3.8, 4) is 0 Å². The highest BCUT2D eigenvalue weighted by molar-refractivity contribution is 7.10. The maximum Gasteiger partial charge on any atom is 0.226 e. The molecule has 1 aliphatic rings. The Morgan fingerprint density at radius 1 is 1.04 bits per heavy atom. The molecule has 0 fully saturated rings. The first kappa shape index (κ1) is 13.7. The van der Waals surface area contributed by atoms with Crippen LogP contribution in [-0.2, 0) is 6.42 Å². The highest BCUT2D eigenvalue weighted by Crippen LogP contribution is 2.40. The summed E-state index contributed by atoms with van der Waals surface area (Å²) in [6, 6.07) is 14.9. The van der Waals surface area contributed by atoms with Crippen LogP contribution in [0.15, 0.2) is 60.2 Å². The van der Waals surface area contributed by atoms with E-state index in [1.54, 1.807) is 11.3 Å². The van der Waals surface area contributed by atoms with Crippen LogP contribution in [0.25, 0.3) is 10.9 Å². The van der Waals surface area contributed by atoms with Crippen LogP contribution in [0.5, 0.6) is 0 Å². The summed E-state index contributed by atoms with van der Waals surface area (Å²) in [4.78, 5) is 16.3. The molecule has 1 N–H and O–H groups in total. The third-order valence-electron chi connectivity index (χ3n) is 4.66. The highest BCUT2D eigenvalue weighted by Gasteiger charge is 2.33. The standard InChI is InChI=1S/C19H16N4S/c1-2-6-15-13(5-1)14-8-11-23(19-20-9-4-10-21-19)18(17(14)22-15)16-7-3-12-24-16/h1-7,9-10,12,18,22H,8,11H2. The van der Waals surface area contributed by atoms with Gasteiger partial charge in [-0.2, -0.15) is 0 Å². The first-order chi connectivity index (χ1) is 11.9. The fraction of sp³-hybridized carbons (Fsp3) is 0.158. The number of rotatable bonds is 2. The lowest BCUT2D eigenvalue weighted by Gasteiger charge is -2.35. The van der Waals surface area contributed by atoms with E-state index in [1.165, 1.54) is 27.0 Å². The Hall–Kier alpha value is -2.66. The number of nitrogens with one attached hydrogen (secondary N) is 1. The molecule has 0 bridgehead atoms. The summed E-state index contributed by atoms with van der Waals surface area (Å²) in [6.07, 6.45) is 4.63. The number of benzene rings is 1. The topological polar surface area (TPSA) is 44.8 Å². The maximum absolute atomic E-state index is 4.49. The first-order valence-electron chi connectivity index (χ1n) is 8.08. The second kappa shape index (κ2) is 5.46. The third kappa shape index (κ3) is 2.05. The summed E-state index contributed by atoms with van der Waals surface area (Å²) in [7, 11) is 0. The minimum absolute atomic E-state index is 0.142. The van der Waals surface area contributed by atoms with Gasteiger partial charge in [0.05, 0.1) is 0 Å². The van der Waals surface area contributed by atoms with Gasteiger partial charge in [0.2, 0.25) is 5.95 Å². The number of hydrogen-bond donors (Lipinski definition) is 1. The van der Waals surface area contributed by atoms with Gasteiger partial charge in [-0.3, -0.25) is 0 Å². The molecule has 1 unspecified atom stereocenters. The zero-order valence-electron chi connectivity index (χ0n) is 13.0. The van der Waals surface area contributed by atoms with Gasteiger partial charge in [0.1, 0.15) is 6.04 Å². The van der Waals surface area contributed by atoms with Crippen molar-refractivity contribution in [1.82, 2.24) is 15.0 Å². The molecule has 3 aromatic heterocycles.